The van der Waals surface area contributed by atoms with Crippen LogP contribution >= 0.6 is 43.5 Å². The summed E-state index contributed by atoms with van der Waals surface area (Å²) in [6.45, 7) is 1.94. The molecule has 1 nitrogen and oxygen atoms in total. The van der Waals surface area contributed by atoms with E-state index in [0.29, 0.717) is 10.6 Å². The molecular weight excluding hydrogens is 398 g/mol. The van der Waals surface area contributed by atoms with E-state index < -0.39 is 11.9 Å². The van der Waals surface area contributed by atoms with Gasteiger partial charge in [-0.1, -0.05) is 49.5 Å². The molecule has 2 aromatic carbocycles. The molecule has 0 radical (unpaired) electrons. The van der Waals surface area contributed by atoms with Crippen molar-refractivity contribution in [2.45, 2.75) is 13.0 Å². The molecular formula is C14H10Br2ClFO. The van der Waals surface area contributed by atoms with E-state index in [0.717, 1.165) is 14.5 Å². The Kier molecular flexibility index (Phi) is 4.66. The van der Waals surface area contributed by atoms with Crippen LogP contribution in [0.15, 0.2) is 39.3 Å². The monoisotopic (exact) mass is 406 g/mol. The largest absolute Gasteiger partial charge is 0.384 e. The van der Waals surface area contributed by atoms with Crippen LogP contribution in [0.3, 0.4) is 0 Å². The van der Waals surface area contributed by atoms with Crippen molar-refractivity contribution in [1.82, 2.24) is 0 Å². The fraction of sp³-hybridized carbons (Fsp3) is 0.143. The molecule has 1 N–H and O–H groups in total. The number of aliphatic hydroxyl groups excluding tert-OH is 1. The van der Waals surface area contributed by atoms with E-state index in [2.05, 4.69) is 31.9 Å². The molecule has 0 amide bonds. The predicted molar refractivity (Wildman–Crippen MR) is 82.1 cm³/mol. The van der Waals surface area contributed by atoms with E-state index in [4.69, 9.17) is 11.6 Å². The maximum Gasteiger partial charge on any atom is 0.130 e. The molecule has 1 unspecified atom stereocenters. The third-order valence-electron chi connectivity index (χ3n) is 2.83. The molecule has 0 spiro atoms. The highest BCUT2D eigenvalue weighted by atomic mass is 79.9. The zero-order valence-corrected chi connectivity index (χ0v) is 13.9. The minimum absolute atomic E-state index is 0.195. The number of aryl methyl sites for hydroxylation is 1. The summed E-state index contributed by atoms with van der Waals surface area (Å²) >= 11 is 12.5. The van der Waals surface area contributed by atoms with Crippen LogP contribution in [0.5, 0.6) is 0 Å². The second-order valence-corrected chi connectivity index (χ2v) is 6.34. The molecule has 0 aliphatic rings. The van der Waals surface area contributed by atoms with Crippen LogP contribution in [0.25, 0.3) is 0 Å². The highest BCUT2D eigenvalue weighted by Crippen LogP contribution is 2.34. The highest BCUT2D eigenvalue weighted by molar-refractivity contribution is 9.11. The van der Waals surface area contributed by atoms with Crippen LogP contribution in [0, 0.1) is 12.7 Å². The summed E-state index contributed by atoms with van der Waals surface area (Å²) < 4.78 is 15.4. The van der Waals surface area contributed by atoms with Crippen LogP contribution in [0.2, 0.25) is 5.02 Å². The Morgan fingerprint density at radius 2 is 1.79 bits per heavy atom. The van der Waals surface area contributed by atoms with E-state index in [1.807, 2.05) is 13.0 Å². The number of rotatable bonds is 2. The van der Waals surface area contributed by atoms with E-state index >= 15 is 0 Å². The van der Waals surface area contributed by atoms with Gasteiger partial charge in [0.15, 0.2) is 0 Å². The van der Waals surface area contributed by atoms with Gasteiger partial charge in [-0.15, -0.1) is 0 Å². The van der Waals surface area contributed by atoms with E-state index in [-0.39, 0.29) is 5.56 Å². The van der Waals surface area contributed by atoms with Gasteiger partial charge in [0.25, 0.3) is 0 Å². The first-order valence-corrected chi connectivity index (χ1v) is 7.45. The van der Waals surface area contributed by atoms with Gasteiger partial charge in [-0.3, -0.25) is 0 Å². The molecule has 2 rings (SSSR count). The normalized spacial score (nSPS) is 12.5. The van der Waals surface area contributed by atoms with Gasteiger partial charge in [-0.25, -0.2) is 4.39 Å². The molecule has 0 bridgehead atoms. The van der Waals surface area contributed by atoms with Gasteiger partial charge >= 0.3 is 0 Å². The molecule has 0 aromatic heterocycles. The van der Waals surface area contributed by atoms with Gasteiger partial charge in [-0.05, 0) is 36.8 Å². The number of halogens is 4. The molecule has 0 aliphatic carbocycles. The van der Waals surface area contributed by atoms with Crippen molar-refractivity contribution in [1.29, 1.82) is 0 Å². The van der Waals surface area contributed by atoms with Gasteiger partial charge in [0.2, 0.25) is 0 Å². The SMILES string of the molecule is Cc1cc(Br)c(C(O)c2ccc(Cl)cc2F)cc1Br. The van der Waals surface area contributed by atoms with Gasteiger partial charge < -0.3 is 5.11 Å². The molecule has 5 heteroatoms. The zero-order valence-electron chi connectivity index (χ0n) is 9.92. The molecule has 100 valence electrons. The molecule has 0 saturated heterocycles. The van der Waals surface area contributed by atoms with E-state index in [9.17, 15) is 9.50 Å². The Morgan fingerprint density at radius 3 is 2.42 bits per heavy atom. The Labute approximate surface area is 132 Å². The first-order chi connectivity index (χ1) is 8.90. The van der Waals surface area contributed by atoms with Crippen molar-refractivity contribution < 1.29 is 9.50 Å². The molecule has 0 saturated carbocycles. The van der Waals surface area contributed by atoms with Crippen molar-refractivity contribution in [3.8, 4) is 0 Å². The number of aliphatic hydroxyl groups is 1. The second-order valence-electron chi connectivity index (χ2n) is 4.19. The molecule has 0 fully saturated rings. The summed E-state index contributed by atoms with van der Waals surface area (Å²) in [6, 6.07) is 7.88. The minimum Gasteiger partial charge on any atom is -0.384 e. The lowest BCUT2D eigenvalue weighted by Gasteiger charge is -2.15. The van der Waals surface area contributed by atoms with Gasteiger partial charge in [-0.2, -0.15) is 0 Å². The van der Waals surface area contributed by atoms with Crippen LogP contribution in [-0.4, -0.2) is 5.11 Å². The topological polar surface area (TPSA) is 20.2 Å². The smallest absolute Gasteiger partial charge is 0.130 e. The molecule has 2 aromatic rings. The molecule has 0 heterocycles. The maximum atomic E-state index is 13.8. The Balaban J connectivity index is 2.49. The summed E-state index contributed by atoms with van der Waals surface area (Å²) in [7, 11) is 0. The standard InChI is InChI=1S/C14H10Br2ClFO/c1-7-4-12(16)10(6-11(7)15)14(19)9-3-2-8(17)5-13(9)18/h2-6,14,19H,1H3. The van der Waals surface area contributed by atoms with Gasteiger partial charge in [0.1, 0.15) is 11.9 Å². The quantitative estimate of drug-likeness (QED) is 0.706. The summed E-state index contributed by atoms with van der Waals surface area (Å²) in [4.78, 5) is 0. The van der Waals surface area contributed by atoms with Gasteiger partial charge in [0, 0.05) is 25.1 Å². The third-order valence-corrected chi connectivity index (χ3v) is 4.61. The zero-order chi connectivity index (χ0) is 14.2. The highest BCUT2D eigenvalue weighted by Gasteiger charge is 2.18. The third kappa shape index (κ3) is 3.19. The first kappa shape index (κ1) is 15.0. The van der Waals surface area contributed by atoms with E-state index in [1.165, 1.54) is 12.1 Å². The fourth-order valence-corrected chi connectivity index (χ4v) is 2.96. The Bertz CT molecular complexity index is 631. The summed E-state index contributed by atoms with van der Waals surface area (Å²) in [5.41, 5.74) is 1.82. The van der Waals surface area contributed by atoms with Crippen molar-refractivity contribution in [3.63, 3.8) is 0 Å². The number of benzene rings is 2. The first-order valence-electron chi connectivity index (χ1n) is 5.48. The van der Waals surface area contributed by atoms with E-state index in [1.54, 1.807) is 12.1 Å². The molecule has 0 aliphatic heterocycles. The minimum atomic E-state index is -1.05. The maximum absolute atomic E-state index is 13.8. The Hall–Kier alpha value is -0.420. The van der Waals surface area contributed by atoms with Crippen molar-refractivity contribution in [2.24, 2.45) is 0 Å². The summed E-state index contributed by atoms with van der Waals surface area (Å²) in [5, 5.41) is 10.6. The van der Waals surface area contributed by atoms with Crippen molar-refractivity contribution in [3.05, 3.63) is 66.8 Å². The lowest BCUT2D eigenvalue weighted by molar-refractivity contribution is 0.214. The number of hydrogen-bond acceptors (Lipinski definition) is 1. The lowest BCUT2D eigenvalue weighted by atomic mass is 10.00. The second kappa shape index (κ2) is 5.92. The van der Waals surface area contributed by atoms with Crippen LogP contribution < -0.4 is 0 Å². The van der Waals surface area contributed by atoms with Gasteiger partial charge in [0.05, 0.1) is 0 Å². The fourth-order valence-electron chi connectivity index (χ4n) is 1.76. The summed E-state index contributed by atoms with van der Waals surface area (Å²) in [6.07, 6.45) is -1.05. The average molecular weight is 408 g/mol. The average Bonchev–Trinajstić information content (AvgIpc) is 2.33. The lowest BCUT2D eigenvalue weighted by Crippen LogP contribution is -2.04. The van der Waals surface area contributed by atoms with Crippen LogP contribution in [-0.2, 0) is 0 Å². The molecule has 1 atom stereocenters. The summed E-state index contributed by atoms with van der Waals surface area (Å²) in [5.74, 6) is -0.524. The van der Waals surface area contributed by atoms with Crippen molar-refractivity contribution in [2.75, 3.05) is 0 Å². The van der Waals surface area contributed by atoms with Crippen molar-refractivity contribution >= 4 is 43.5 Å². The predicted octanol–water partition coefficient (Wildman–Crippen LogP) is 5.39. The molecule has 19 heavy (non-hydrogen) atoms. The van der Waals surface area contributed by atoms with Crippen LogP contribution in [0.4, 0.5) is 4.39 Å². The van der Waals surface area contributed by atoms with Crippen LogP contribution in [0.1, 0.15) is 22.8 Å². The Morgan fingerprint density at radius 1 is 1.11 bits per heavy atom. The number of hydrogen-bond donors (Lipinski definition) is 1.